The molecule has 0 saturated heterocycles. The van der Waals surface area contributed by atoms with Gasteiger partial charge in [-0.05, 0) is 58.3 Å². The number of nitrogens with one attached hydrogen (secondary N) is 1. The minimum atomic E-state index is -0.383. The van der Waals surface area contributed by atoms with Crippen molar-refractivity contribution in [2.75, 3.05) is 13.7 Å². The normalized spacial score (nSPS) is 29.6. The Kier molecular flexibility index (Phi) is 5.83. The van der Waals surface area contributed by atoms with E-state index in [1.807, 2.05) is 6.92 Å². The highest BCUT2D eigenvalue weighted by Crippen LogP contribution is 2.25. The smallest absolute Gasteiger partial charge is 0.104 e. The Morgan fingerprint density at radius 2 is 2.00 bits per heavy atom. The van der Waals surface area contributed by atoms with Crippen molar-refractivity contribution < 1.29 is 9.47 Å². The summed E-state index contributed by atoms with van der Waals surface area (Å²) in [4.78, 5) is 0. The SMILES string of the molecule is COC1CCCC(OCCCC(C)(C#N)NC2CC2)C1. The number of nitriles is 1. The van der Waals surface area contributed by atoms with Crippen LogP contribution in [-0.2, 0) is 9.47 Å². The third-order valence-corrected chi connectivity index (χ3v) is 4.43. The number of hydrogen-bond donors (Lipinski definition) is 1. The van der Waals surface area contributed by atoms with Crippen molar-refractivity contribution in [3.63, 3.8) is 0 Å². The Bertz CT molecular complexity index is 338. The Morgan fingerprint density at radius 1 is 1.25 bits per heavy atom. The summed E-state index contributed by atoms with van der Waals surface area (Å²) in [7, 11) is 1.79. The standard InChI is InChI=1S/C16H28N2O2/c1-16(12-17,18-13-7-8-13)9-4-10-20-15-6-3-5-14(11-15)19-2/h13-15,18H,3-11H2,1-2H3. The topological polar surface area (TPSA) is 54.3 Å². The third kappa shape index (κ3) is 5.05. The first-order valence-corrected chi connectivity index (χ1v) is 7.98. The maximum atomic E-state index is 9.31. The van der Waals surface area contributed by atoms with E-state index in [0.29, 0.717) is 18.2 Å². The lowest BCUT2D eigenvalue weighted by Crippen LogP contribution is -2.42. The molecule has 2 rings (SSSR count). The monoisotopic (exact) mass is 280 g/mol. The number of ether oxygens (including phenoxy) is 2. The fraction of sp³-hybridized carbons (Fsp3) is 0.938. The highest BCUT2D eigenvalue weighted by atomic mass is 16.5. The van der Waals surface area contributed by atoms with Crippen molar-refractivity contribution >= 4 is 0 Å². The largest absolute Gasteiger partial charge is 0.381 e. The zero-order valence-electron chi connectivity index (χ0n) is 12.9. The molecule has 3 unspecified atom stereocenters. The maximum absolute atomic E-state index is 9.31. The molecule has 0 heterocycles. The second-order valence-electron chi connectivity index (χ2n) is 6.48. The molecule has 0 aromatic rings. The predicted molar refractivity (Wildman–Crippen MR) is 78.4 cm³/mol. The molecule has 4 nitrogen and oxygen atoms in total. The summed E-state index contributed by atoms with van der Waals surface area (Å²) in [5, 5.41) is 12.7. The molecule has 0 aromatic heterocycles. The van der Waals surface area contributed by atoms with Crippen LogP contribution in [0.5, 0.6) is 0 Å². The van der Waals surface area contributed by atoms with Gasteiger partial charge in [0.1, 0.15) is 5.54 Å². The molecule has 2 fully saturated rings. The zero-order chi connectivity index (χ0) is 14.4. The third-order valence-electron chi connectivity index (χ3n) is 4.43. The van der Waals surface area contributed by atoms with Crippen LogP contribution in [0.2, 0.25) is 0 Å². The second kappa shape index (κ2) is 7.40. The van der Waals surface area contributed by atoms with Gasteiger partial charge in [0.2, 0.25) is 0 Å². The number of nitrogens with zero attached hydrogens (tertiary/aromatic N) is 1. The summed E-state index contributed by atoms with van der Waals surface area (Å²) in [6, 6.07) is 2.99. The van der Waals surface area contributed by atoms with E-state index in [4.69, 9.17) is 9.47 Å². The van der Waals surface area contributed by atoms with Crippen molar-refractivity contribution in [1.29, 1.82) is 5.26 Å². The van der Waals surface area contributed by atoms with Crippen LogP contribution in [0.1, 0.15) is 58.3 Å². The summed E-state index contributed by atoms with van der Waals surface area (Å²) >= 11 is 0. The average Bonchev–Trinajstić information content (AvgIpc) is 3.28. The van der Waals surface area contributed by atoms with E-state index in [9.17, 15) is 5.26 Å². The molecule has 114 valence electrons. The van der Waals surface area contributed by atoms with Gasteiger partial charge < -0.3 is 9.47 Å². The van der Waals surface area contributed by atoms with E-state index >= 15 is 0 Å². The van der Waals surface area contributed by atoms with E-state index in [1.54, 1.807) is 7.11 Å². The lowest BCUT2D eigenvalue weighted by atomic mass is 9.94. The molecule has 0 aliphatic heterocycles. The van der Waals surface area contributed by atoms with Crippen LogP contribution in [0.3, 0.4) is 0 Å². The molecule has 1 N–H and O–H groups in total. The molecular weight excluding hydrogens is 252 g/mol. The van der Waals surface area contributed by atoms with E-state index in [2.05, 4.69) is 11.4 Å². The van der Waals surface area contributed by atoms with Gasteiger partial charge in [-0.25, -0.2) is 0 Å². The molecule has 2 aliphatic carbocycles. The van der Waals surface area contributed by atoms with Crippen molar-refractivity contribution in [2.24, 2.45) is 0 Å². The van der Waals surface area contributed by atoms with Gasteiger partial charge in [-0.1, -0.05) is 0 Å². The first-order chi connectivity index (χ1) is 9.65. The van der Waals surface area contributed by atoms with Crippen LogP contribution < -0.4 is 5.32 Å². The van der Waals surface area contributed by atoms with E-state index in [-0.39, 0.29) is 5.54 Å². The van der Waals surface area contributed by atoms with Crippen LogP contribution in [-0.4, -0.2) is 37.5 Å². The summed E-state index contributed by atoms with van der Waals surface area (Å²) in [6.45, 7) is 2.76. The van der Waals surface area contributed by atoms with E-state index in [1.165, 1.54) is 19.3 Å². The molecule has 0 radical (unpaired) electrons. The van der Waals surface area contributed by atoms with Gasteiger partial charge in [-0.2, -0.15) is 5.26 Å². The van der Waals surface area contributed by atoms with Crippen LogP contribution in [0.15, 0.2) is 0 Å². The molecule has 0 bridgehead atoms. The summed E-state index contributed by atoms with van der Waals surface area (Å²) < 4.78 is 11.4. The van der Waals surface area contributed by atoms with Crippen LogP contribution >= 0.6 is 0 Å². The predicted octanol–water partition coefficient (Wildman–Crippen LogP) is 2.78. The van der Waals surface area contributed by atoms with Crippen molar-refractivity contribution in [1.82, 2.24) is 5.32 Å². The molecule has 3 atom stereocenters. The van der Waals surface area contributed by atoms with E-state index in [0.717, 1.165) is 38.7 Å². The van der Waals surface area contributed by atoms with Gasteiger partial charge in [0.15, 0.2) is 0 Å². The molecule has 4 heteroatoms. The van der Waals surface area contributed by atoms with E-state index < -0.39 is 0 Å². The lowest BCUT2D eigenvalue weighted by molar-refractivity contribution is -0.0309. The Morgan fingerprint density at radius 3 is 2.65 bits per heavy atom. The molecule has 2 saturated carbocycles. The minimum absolute atomic E-state index is 0.346. The maximum Gasteiger partial charge on any atom is 0.104 e. The van der Waals surface area contributed by atoms with Gasteiger partial charge in [0.25, 0.3) is 0 Å². The van der Waals surface area contributed by atoms with Gasteiger partial charge >= 0.3 is 0 Å². The first kappa shape index (κ1) is 15.8. The molecule has 0 spiro atoms. The highest BCUT2D eigenvalue weighted by Gasteiger charge is 2.32. The van der Waals surface area contributed by atoms with Crippen molar-refractivity contribution in [3.05, 3.63) is 0 Å². The van der Waals surface area contributed by atoms with Gasteiger partial charge in [-0.15, -0.1) is 0 Å². The molecule has 20 heavy (non-hydrogen) atoms. The zero-order valence-corrected chi connectivity index (χ0v) is 12.9. The average molecular weight is 280 g/mol. The second-order valence-corrected chi connectivity index (χ2v) is 6.48. The van der Waals surface area contributed by atoms with Gasteiger partial charge in [0.05, 0.1) is 18.3 Å². The quantitative estimate of drug-likeness (QED) is 0.695. The molecular formula is C16H28N2O2. The highest BCUT2D eigenvalue weighted by molar-refractivity contribution is 5.06. The molecule has 2 aliphatic rings. The molecule has 0 aromatic carbocycles. The molecule has 0 amide bonds. The van der Waals surface area contributed by atoms with Crippen molar-refractivity contribution in [3.8, 4) is 6.07 Å². The van der Waals surface area contributed by atoms with Crippen LogP contribution in [0, 0.1) is 11.3 Å². The Hall–Kier alpha value is -0.630. The lowest BCUT2D eigenvalue weighted by Gasteiger charge is -2.29. The fourth-order valence-electron chi connectivity index (χ4n) is 2.98. The van der Waals surface area contributed by atoms with Crippen LogP contribution in [0.25, 0.3) is 0 Å². The first-order valence-electron chi connectivity index (χ1n) is 7.98. The summed E-state index contributed by atoms with van der Waals surface area (Å²) in [6.07, 6.45) is 9.48. The number of hydrogen-bond acceptors (Lipinski definition) is 4. The Labute approximate surface area is 122 Å². The Balaban J connectivity index is 1.61. The van der Waals surface area contributed by atoms with Crippen LogP contribution in [0.4, 0.5) is 0 Å². The summed E-state index contributed by atoms with van der Waals surface area (Å²) in [5.74, 6) is 0. The summed E-state index contributed by atoms with van der Waals surface area (Å²) in [5.41, 5.74) is -0.383. The van der Waals surface area contributed by atoms with Gasteiger partial charge in [0, 0.05) is 19.8 Å². The number of rotatable bonds is 8. The number of methoxy groups -OCH3 is 1. The minimum Gasteiger partial charge on any atom is -0.381 e. The fourth-order valence-corrected chi connectivity index (χ4v) is 2.98. The van der Waals surface area contributed by atoms with Gasteiger partial charge in [-0.3, -0.25) is 5.32 Å². The van der Waals surface area contributed by atoms with Crippen molar-refractivity contribution in [2.45, 2.75) is 82.1 Å².